The molecule has 0 aromatic carbocycles. The van der Waals surface area contributed by atoms with Gasteiger partial charge in [0.2, 0.25) is 0 Å². The molecule has 0 aliphatic heterocycles. The molecule has 0 bridgehead atoms. The third-order valence-electron chi connectivity index (χ3n) is 9.38. The fraction of sp³-hybridized carbons (Fsp3) is 0.920. The van der Waals surface area contributed by atoms with E-state index in [2.05, 4.69) is 33.8 Å². The summed E-state index contributed by atoms with van der Waals surface area (Å²) in [7, 11) is 0. The Hall–Kier alpha value is -0.300. The summed E-state index contributed by atoms with van der Waals surface area (Å²) in [4.78, 5) is 0. The number of aliphatic hydroxyl groups excluding tert-OH is 1. The number of fused-ring (bicyclic) bond motifs is 5. The number of hydrogen-bond acceptors (Lipinski definition) is 1. The quantitative estimate of drug-likeness (QED) is 0.561. The topological polar surface area (TPSA) is 20.2 Å². The van der Waals surface area contributed by atoms with Crippen LogP contribution in [0.3, 0.4) is 0 Å². The summed E-state index contributed by atoms with van der Waals surface area (Å²) in [5, 5.41) is 10.1. The predicted octanol–water partition coefficient (Wildman–Crippen LogP) is 6.61. The molecule has 3 fully saturated rings. The first-order chi connectivity index (χ1) is 12.4. The van der Waals surface area contributed by atoms with E-state index in [4.69, 9.17) is 0 Å². The first-order valence-electron chi connectivity index (χ1n) is 11.8. The molecule has 0 spiro atoms. The molecule has 4 aliphatic rings. The van der Waals surface area contributed by atoms with Crippen molar-refractivity contribution in [3.05, 3.63) is 11.6 Å². The highest BCUT2D eigenvalue weighted by Gasteiger charge is 2.56. The summed E-state index contributed by atoms with van der Waals surface area (Å²) in [5.41, 5.74) is 2.24. The molecule has 1 heteroatoms. The fourth-order valence-electron chi connectivity index (χ4n) is 8.02. The van der Waals surface area contributed by atoms with Crippen molar-refractivity contribution >= 4 is 0 Å². The van der Waals surface area contributed by atoms with Crippen LogP contribution in [0, 0.1) is 46.8 Å². The zero-order chi connectivity index (χ0) is 18.5. The molecular formula is C25H42O. The van der Waals surface area contributed by atoms with Gasteiger partial charge in [-0.3, -0.25) is 0 Å². The van der Waals surface area contributed by atoms with Gasteiger partial charge in [0.15, 0.2) is 0 Å². The van der Waals surface area contributed by atoms with E-state index in [1.807, 2.05) is 0 Å². The first-order valence-corrected chi connectivity index (χ1v) is 11.8. The average Bonchev–Trinajstić information content (AvgIpc) is 2.96. The summed E-state index contributed by atoms with van der Waals surface area (Å²) in [6, 6.07) is 0. The molecule has 4 aliphatic carbocycles. The Morgan fingerprint density at radius 2 is 1.85 bits per heavy atom. The lowest BCUT2D eigenvalue weighted by atomic mass is 9.51. The lowest BCUT2D eigenvalue weighted by Crippen LogP contribution is -2.47. The van der Waals surface area contributed by atoms with Gasteiger partial charge in [-0.15, -0.1) is 0 Å². The fourth-order valence-corrected chi connectivity index (χ4v) is 8.02. The molecule has 0 aromatic heterocycles. The lowest BCUT2D eigenvalue weighted by Gasteiger charge is -2.54. The zero-order valence-electron chi connectivity index (χ0n) is 17.7. The Balaban J connectivity index is 1.49. The molecule has 0 amide bonds. The third-order valence-corrected chi connectivity index (χ3v) is 9.38. The molecule has 3 saturated carbocycles. The highest BCUT2D eigenvalue weighted by Crippen LogP contribution is 2.64. The second-order valence-electron chi connectivity index (χ2n) is 11.2. The monoisotopic (exact) mass is 358 g/mol. The summed E-state index contributed by atoms with van der Waals surface area (Å²) in [6.07, 6.45) is 15.9. The zero-order valence-corrected chi connectivity index (χ0v) is 17.7. The van der Waals surface area contributed by atoms with Gasteiger partial charge in [0.25, 0.3) is 0 Å². The van der Waals surface area contributed by atoms with Crippen LogP contribution in [0.25, 0.3) is 0 Å². The largest absolute Gasteiger partial charge is 0.393 e. The standard InChI is InChI=1S/C25H42O/c1-16(2)5-6-17(3)23-11-12-24-22-9-7-18-15-19(26)8-10-20(18)21(22)13-14-25(23,24)4/h7,16-17,19-24,26H,5-6,8-15H2,1-4H3/t17?,19-,20-,21?,22?,23+,24?,25+/m0/s1. The number of allylic oxidation sites excluding steroid dienone is 1. The molecule has 1 N–H and O–H groups in total. The molecule has 0 heterocycles. The van der Waals surface area contributed by atoms with Crippen LogP contribution >= 0.6 is 0 Å². The second kappa shape index (κ2) is 7.26. The lowest BCUT2D eigenvalue weighted by molar-refractivity contribution is -0.0296. The molecule has 4 unspecified atom stereocenters. The molecular weight excluding hydrogens is 316 g/mol. The van der Waals surface area contributed by atoms with Gasteiger partial charge >= 0.3 is 0 Å². The van der Waals surface area contributed by atoms with Crippen molar-refractivity contribution < 1.29 is 5.11 Å². The highest BCUT2D eigenvalue weighted by molar-refractivity contribution is 5.20. The van der Waals surface area contributed by atoms with Crippen molar-refractivity contribution in [2.24, 2.45) is 46.8 Å². The van der Waals surface area contributed by atoms with E-state index in [-0.39, 0.29) is 6.10 Å². The molecule has 0 aromatic rings. The van der Waals surface area contributed by atoms with Crippen LogP contribution in [0.4, 0.5) is 0 Å². The molecule has 148 valence electrons. The van der Waals surface area contributed by atoms with Crippen molar-refractivity contribution in [1.82, 2.24) is 0 Å². The minimum absolute atomic E-state index is 0.0550. The van der Waals surface area contributed by atoms with Crippen LogP contribution in [-0.4, -0.2) is 11.2 Å². The summed E-state index contributed by atoms with van der Waals surface area (Å²) < 4.78 is 0. The van der Waals surface area contributed by atoms with E-state index in [1.54, 1.807) is 5.57 Å². The van der Waals surface area contributed by atoms with Gasteiger partial charge in [0.05, 0.1) is 6.10 Å². The van der Waals surface area contributed by atoms with Gasteiger partial charge < -0.3 is 5.11 Å². The van der Waals surface area contributed by atoms with Crippen molar-refractivity contribution in [3.8, 4) is 0 Å². The smallest absolute Gasteiger partial charge is 0.0577 e. The van der Waals surface area contributed by atoms with Crippen LogP contribution < -0.4 is 0 Å². The van der Waals surface area contributed by atoms with Crippen LogP contribution in [0.15, 0.2) is 11.6 Å². The molecule has 0 saturated heterocycles. The number of rotatable bonds is 4. The number of aliphatic hydroxyl groups is 1. The molecule has 4 rings (SSSR count). The van der Waals surface area contributed by atoms with Crippen molar-refractivity contribution in [3.63, 3.8) is 0 Å². The van der Waals surface area contributed by atoms with E-state index in [9.17, 15) is 5.11 Å². The highest BCUT2D eigenvalue weighted by atomic mass is 16.3. The Morgan fingerprint density at radius 3 is 2.62 bits per heavy atom. The molecule has 1 nitrogen and oxygen atoms in total. The first kappa shape index (κ1) is 19.0. The van der Waals surface area contributed by atoms with Crippen LogP contribution in [-0.2, 0) is 0 Å². The maximum Gasteiger partial charge on any atom is 0.0577 e. The Kier molecular flexibility index (Phi) is 5.32. The molecule has 26 heavy (non-hydrogen) atoms. The van der Waals surface area contributed by atoms with E-state index in [0.29, 0.717) is 5.41 Å². The van der Waals surface area contributed by atoms with Crippen LogP contribution in [0.5, 0.6) is 0 Å². The van der Waals surface area contributed by atoms with Gasteiger partial charge in [-0.1, -0.05) is 52.2 Å². The van der Waals surface area contributed by atoms with Crippen LogP contribution in [0.1, 0.15) is 91.9 Å². The van der Waals surface area contributed by atoms with E-state index >= 15 is 0 Å². The third kappa shape index (κ3) is 3.21. The van der Waals surface area contributed by atoms with Gasteiger partial charge in [-0.2, -0.15) is 0 Å². The normalized spacial score (nSPS) is 46.3. The average molecular weight is 359 g/mol. The number of hydrogen-bond donors (Lipinski definition) is 1. The van der Waals surface area contributed by atoms with E-state index in [0.717, 1.165) is 54.3 Å². The minimum atomic E-state index is -0.0550. The second-order valence-corrected chi connectivity index (χ2v) is 11.2. The minimum Gasteiger partial charge on any atom is -0.393 e. The van der Waals surface area contributed by atoms with Crippen molar-refractivity contribution in [2.75, 3.05) is 0 Å². The Labute approximate surface area is 162 Å². The van der Waals surface area contributed by atoms with Gasteiger partial charge in [-0.05, 0) is 98.2 Å². The summed E-state index contributed by atoms with van der Waals surface area (Å²) in [5.74, 6) is 6.39. The van der Waals surface area contributed by atoms with Crippen molar-refractivity contribution in [1.29, 1.82) is 0 Å². The van der Waals surface area contributed by atoms with Gasteiger partial charge in [-0.25, -0.2) is 0 Å². The van der Waals surface area contributed by atoms with E-state index < -0.39 is 0 Å². The maximum absolute atomic E-state index is 10.1. The van der Waals surface area contributed by atoms with E-state index in [1.165, 1.54) is 51.4 Å². The summed E-state index contributed by atoms with van der Waals surface area (Å²) in [6.45, 7) is 10.0. The van der Waals surface area contributed by atoms with Crippen LogP contribution in [0.2, 0.25) is 0 Å². The molecule has 8 atom stereocenters. The van der Waals surface area contributed by atoms with Gasteiger partial charge in [0.1, 0.15) is 0 Å². The summed E-state index contributed by atoms with van der Waals surface area (Å²) >= 11 is 0. The van der Waals surface area contributed by atoms with Crippen molar-refractivity contribution in [2.45, 2.75) is 98.0 Å². The predicted molar refractivity (Wildman–Crippen MR) is 110 cm³/mol. The maximum atomic E-state index is 10.1. The molecule has 0 radical (unpaired) electrons. The van der Waals surface area contributed by atoms with Gasteiger partial charge in [0, 0.05) is 0 Å². The SMILES string of the molecule is CC(C)CCC(C)[C@H]1CCC2C3CC=C4C[C@@H](O)CC[C@@H]4C3CC[C@@]21C. The Bertz CT molecular complexity index is 534. The Morgan fingerprint density at radius 1 is 1.04 bits per heavy atom.